The van der Waals surface area contributed by atoms with Crippen LogP contribution in [0.3, 0.4) is 0 Å². The van der Waals surface area contributed by atoms with E-state index in [1.54, 1.807) is 0 Å². The molecule has 4 heterocycles. The molecule has 10 aromatic rings. The molecule has 0 saturated heterocycles. The number of para-hydroxylation sites is 1. The van der Waals surface area contributed by atoms with Crippen LogP contribution < -0.4 is 0 Å². The third-order valence-corrected chi connectivity index (χ3v) is 11.9. The van der Waals surface area contributed by atoms with E-state index in [0.717, 1.165) is 27.7 Å². The van der Waals surface area contributed by atoms with Crippen LogP contribution in [0.5, 0.6) is 0 Å². The molecule has 0 saturated carbocycles. The quantitative estimate of drug-likeness (QED) is 0.188. The van der Waals surface area contributed by atoms with Crippen LogP contribution in [0.4, 0.5) is 0 Å². The van der Waals surface area contributed by atoms with Crippen molar-refractivity contribution in [2.24, 2.45) is 0 Å². The average molecular weight is 645 g/mol. The fourth-order valence-corrected chi connectivity index (χ4v) is 9.73. The topological polar surface area (TPSA) is 43.6 Å². The zero-order chi connectivity index (χ0) is 32.4. The van der Waals surface area contributed by atoms with E-state index in [4.69, 9.17) is 15.0 Å². The SMILES string of the molecule is CC1(C)c2ccccc2-c2ccc(-c3nc(-n4c5ccccc5c5c6sc7ccccc7c6c6ccccc6c54)nc4ncccc34)cc21. The average Bonchev–Trinajstić information content (AvgIpc) is 3.78. The summed E-state index contributed by atoms with van der Waals surface area (Å²) in [6.45, 7) is 4.65. The van der Waals surface area contributed by atoms with Crippen molar-refractivity contribution in [3.05, 3.63) is 145 Å². The summed E-state index contributed by atoms with van der Waals surface area (Å²) in [5.74, 6) is 0.626. The Morgan fingerprint density at radius 3 is 2.20 bits per heavy atom. The minimum Gasteiger partial charge on any atom is -0.277 e. The first-order chi connectivity index (χ1) is 24.1. The first-order valence-corrected chi connectivity index (χ1v) is 17.5. The van der Waals surface area contributed by atoms with Gasteiger partial charge in [0.05, 0.1) is 16.7 Å². The van der Waals surface area contributed by atoms with Crippen LogP contribution in [-0.4, -0.2) is 19.5 Å². The van der Waals surface area contributed by atoms with E-state index < -0.39 is 0 Å². The van der Waals surface area contributed by atoms with Gasteiger partial charge < -0.3 is 0 Å². The molecule has 1 aliphatic carbocycles. The monoisotopic (exact) mass is 644 g/mol. The van der Waals surface area contributed by atoms with Gasteiger partial charge in [0.2, 0.25) is 5.95 Å². The Kier molecular flexibility index (Phi) is 5.30. The predicted molar refractivity (Wildman–Crippen MR) is 205 cm³/mol. The molecule has 0 fully saturated rings. The minimum absolute atomic E-state index is 0.118. The van der Waals surface area contributed by atoms with Gasteiger partial charge in [-0.15, -0.1) is 11.3 Å². The lowest BCUT2D eigenvalue weighted by Crippen LogP contribution is -2.15. The van der Waals surface area contributed by atoms with Crippen LogP contribution in [0.1, 0.15) is 25.0 Å². The second-order valence-corrected chi connectivity index (χ2v) is 14.7. The van der Waals surface area contributed by atoms with Crippen molar-refractivity contribution in [1.29, 1.82) is 0 Å². The Labute approximate surface area is 286 Å². The van der Waals surface area contributed by atoms with E-state index in [-0.39, 0.29) is 5.41 Å². The second-order valence-electron chi connectivity index (χ2n) is 13.6. The molecule has 230 valence electrons. The number of fused-ring (bicyclic) bond motifs is 14. The zero-order valence-corrected chi connectivity index (χ0v) is 27.7. The summed E-state index contributed by atoms with van der Waals surface area (Å²) in [7, 11) is 0. The number of nitrogens with zero attached hydrogens (tertiary/aromatic N) is 4. The summed E-state index contributed by atoms with van der Waals surface area (Å²) in [6, 6.07) is 46.0. The van der Waals surface area contributed by atoms with Gasteiger partial charge in [-0.1, -0.05) is 111 Å². The first kappa shape index (κ1) is 27.1. The van der Waals surface area contributed by atoms with Crippen LogP contribution in [0, 0.1) is 0 Å². The smallest absolute Gasteiger partial charge is 0.237 e. The molecule has 0 unspecified atom stereocenters. The lowest BCUT2D eigenvalue weighted by Gasteiger charge is -2.22. The van der Waals surface area contributed by atoms with Gasteiger partial charge in [0.1, 0.15) is 0 Å². The van der Waals surface area contributed by atoms with Crippen molar-refractivity contribution in [1.82, 2.24) is 19.5 Å². The van der Waals surface area contributed by atoms with Crippen LogP contribution in [0.15, 0.2) is 134 Å². The van der Waals surface area contributed by atoms with Gasteiger partial charge in [0.25, 0.3) is 0 Å². The van der Waals surface area contributed by atoms with Crippen molar-refractivity contribution < 1.29 is 0 Å². The molecule has 11 rings (SSSR count). The van der Waals surface area contributed by atoms with Crippen LogP contribution in [0.25, 0.3) is 92.1 Å². The molecule has 49 heavy (non-hydrogen) atoms. The molecule has 0 N–H and O–H groups in total. The van der Waals surface area contributed by atoms with Crippen molar-refractivity contribution in [3.63, 3.8) is 0 Å². The van der Waals surface area contributed by atoms with Gasteiger partial charge in [-0.3, -0.25) is 4.57 Å². The van der Waals surface area contributed by atoms with Crippen molar-refractivity contribution >= 4 is 75.1 Å². The highest BCUT2D eigenvalue weighted by Crippen LogP contribution is 2.50. The summed E-state index contributed by atoms with van der Waals surface area (Å²) in [4.78, 5) is 15.5. The maximum atomic E-state index is 5.48. The zero-order valence-electron chi connectivity index (χ0n) is 26.9. The van der Waals surface area contributed by atoms with Crippen molar-refractivity contribution in [2.75, 3.05) is 0 Å². The number of aromatic nitrogens is 4. The number of hydrogen-bond acceptors (Lipinski definition) is 4. The largest absolute Gasteiger partial charge is 0.277 e. The summed E-state index contributed by atoms with van der Waals surface area (Å²) in [5, 5.41) is 8.43. The summed E-state index contributed by atoms with van der Waals surface area (Å²) < 4.78 is 4.87. The van der Waals surface area contributed by atoms with Crippen LogP contribution in [-0.2, 0) is 5.41 Å². The highest BCUT2D eigenvalue weighted by Gasteiger charge is 2.35. The van der Waals surface area contributed by atoms with Crippen molar-refractivity contribution in [2.45, 2.75) is 19.3 Å². The van der Waals surface area contributed by atoms with Gasteiger partial charge in [-0.05, 0) is 58.0 Å². The highest BCUT2D eigenvalue weighted by atomic mass is 32.1. The lowest BCUT2D eigenvalue weighted by molar-refractivity contribution is 0.660. The molecule has 6 aromatic carbocycles. The molecule has 0 amide bonds. The third-order valence-electron chi connectivity index (χ3n) is 10.7. The Morgan fingerprint density at radius 1 is 0.592 bits per heavy atom. The second kappa shape index (κ2) is 9.59. The summed E-state index contributed by atoms with van der Waals surface area (Å²) >= 11 is 1.87. The highest BCUT2D eigenvalue weighted by molar-refractivity contribution is 7.27. The molecule has 0 aliphatic heterocycles. The Hall–Kier alpha value is -5.91. The first-order valence-electron chi connectivity index (χ1n) is 16.7. The lowest BCUT2D eigenvalue weighted by atomic mass is 9.82. The molecular formula is C44H28N4S. The summed E-state index contributed by atoms with van der Waals surface area (Å²) in [6.07, 6.45) is 1.83. The number of pyridine rings is 1. The van der Waals surface area contributed by atoms with Gasteiger partial charge in [-0.25, -0.2) is 9.97 Å². The molecule has 4 aromatic heterocycles. The number of rotatable bonds is 2. The molecular weight excluding hydrogens is 617 g/mol. The fraction of sp³-hybridized carbons (Fsp3) is 0.0682. The maximum Gasteiger partial charge on any atom is 0.237 e. The molecule has 0 radical (unpaired) electrons. The van der Waals surface area contributed by atoms with Crippen molar-refractivity contribution in [3.8, 4) is 28.3 Å². The van der Waals surface area contributed by atoms with Gasteiger partial charge in [0, 0.05) is 58.9 Å². The normalized spacial score (nSPS) is 13.7. The van der Waals surface area contributed by atoms with E-state index in [0.29, 0.717) is 11.6 Å². The Morgan fingerprint density at radius 2 is 1.31 bits per heavy atom. The fourth-order valence-electron chi connectivity index (χ4n) is 8.45. The Bertz CT molecular complexity index is 3040. The van der Waals surface area contributed by atoms with E-state index in [1.807, 2.05) is 23.6 Å². The van der Waals surface area contributed by atoms with E-state index in [1.165, 1.54) is 64.0 Å². The van der Waals surface area contributed by atoms with Gasteiger partial charge >= 0.3 is 0 Å². The van der Waals surface area contributed by atoms with Crippen LogP contribution >= 0.6 is 11.3 Å². The molecule has 0 spiro atoms. The molecule has 0 bridgehead atoms. The van der Waals surface area contributed by atoms with E-state index in [2.05, 4.69) is 140 Å². The maximum absolute atomic E-state index is 5.48. The number of thiophene rings is 1. The van der Waals surface area contributed by atoms with Gasteiger partial charge in [0.15, 0.2) is 5.65 Å². The van der Waals surface area contributed by atoms with Crippen LogP contribution in [0.2, 0.25) is 0 Å². The number of benzene rings is 6. The predicted octanol–water partition coefficient (Wildman–Crippen LogP) is 11.6. The molecule has 1 aliphatic rings. The molecule has 0 atom stereocenters. The molecule has 4 nitrogen and oxygen atoms in total. The Balaban J connectivity index is 1.26. The van der Waals surface area contributed by atoms with Gasteiger partial charge in [-0.2, -0.15) is 4.98 Å². The van der Waals surface area contributed by atoms with E-state index >= 15 is 0 Å². The summed E-state index contributed by atoms with van der Waals surface area (Å²) in [5.41, 5.74) is 10.0. The minimum atomic E-state index is -0.118. The van der Waals surface area contributed by atoms with E-state index in [9.17, 15) is 0 Å². The molecule has 5 heteroatoms. The standard InChI is InChI=1S/C44H28N4S/c1-44(2)33-18-8-5-12-26(33)27-22-21-25(24-34(27)44)39-32-17-11-23-45-42(32)47-43(46-39)48-35-19-9-6-15-30(35)38-40(48)29-14-4-3-13-28(29)37-31-16-7-10-20-36(31)49-41(37)38/h3-24H,1-2H3. The number of hydrogen-bond donors (Lipinski definition) is 0. The third kappa shape index (κ3) is 3.55.